The van der Waals surface area contributed by atoms with Gasteiger partial charge in [0, 0.05) is 0 Å². The SMILES string of the molecule is CC(=O)[C@@H]1CC(=O)O[C@H]1c1ccc(F)cc1. The maximum atomic E-state index is 12.7. The number of carbonyl (C=O) groups is 2. The van der Waals surface area contributed by atoms with Crippen molar-refractivity contribution in [3.05, 3.63) is 35.6 Å². The van der Waals surface area contributed by atoms with Gasteiger partial charge in [0.25, 0.3) is 0 Å². The van der Waals surface area contributed by atoms with Gasteiger partial charge in [-0.15, -0.1) is 0 Å². The molecule has 0 spiro atoms. The molecule has 1 aliphatic heterocycles. The second kappa shape index (κ2) is 4.04. The number of benzene rings is 1. The second-order valence-electron chi connectivity index (χ2n) is 3.88. The molecule has 2 rings (SSSR count). The van der Waals surface area contributed by atoms with Crippen LogP contribution in [-0.2, 0) is 14.3 Å². The maximum absolute atomic E-state index is 12.7. The highest BCUT2D eigenvalue weighted by Crippen LogP contribution is 2.35. The molecular weight excluding hydrogens is 211 g/mol. The summed E-state index contributed by atoms with van der Waals surface area (Å²) in [5.41, 5.74) is 0.660. The summed E-state index contributed by atoms with van der Waals surface area (Å²) in [5.74, 6) is -1.26. The van der Waals surface area contributed by atoms with E-state index in [1.54, 1.807) is 0 Å². The van der Waals surface area contributed by atoms with Crippen molar-refractivity contribution in [1.29, 1.82) is 0 Å². The predicted octanol–water partition coefficient (Wildman–Crippen LogP) is 2.02. The van der Waals surface area contributed by atoms with Crippen molar-refractivity contribution in [1.82, 2.24) is 0 Å². The molecular formula is C12H11FO3. The molecule has 0 aromatic heterocycles. The van der Waals surface area contributed by atoms with E-state index in [0.29, 0.717) is 5.56 Å². The van der Waals surface area contributed by atoms with E-state index >= 15 is 0 Å². The molecule has 1 aliphatic rings. The fourth-order valence-electron chi connectivity index (χ4n) is 1.87. The topological polar surface area (TPSA) is 43.4 Å². The third-order valence-electron chi connectivity index (χ3n) is 2.73. The second-order valence-corrected chi connectivity index (χ2v) is 3.88. The van der Waals surface area contributed by atoms with E-state index in [-0.39, 0.29) is 24.0 Å². The highest BCUT2D eigenvalue weighted by molar-refractivity contribution is 5.86. The zero-order chi connectivity index (χ0) is 11.7. The highest BCUT2D eigenvalue weighted by atomic mass is 19.1. The molecule has 0 N–H and O–H groups in total. The van der Waals surface area contributed by atoms with Gasteiger partial charge in [-0.3, -0.25) is 9.59 Å². The number of halogens is 1. The van der Waals surface area contributed by atoms with Crippen LogP contribution in [0.2, 0.25) is 0 Å². The molecule has 2 atom stereocenters. The minimum atomic E-state index is -0.564. The first kappa shape index (κ1) is 10.8. The van der Waals surface area contributed by atoms with Gasteiger partial charge in [0.2, 0.25) is 0 Å². The number of rotatable bonds is 2. The Morgan fingerprint density at radius 3 is 2.56 bits per heavy atom. The first-order valence-corrected chi connectivity index (χ1v) is 5.03. The van der Waals surface area contributed by atoms with Crippen molar-refractivity contribution in [3.63, 3.8) is 0 Å². The quantitative estimate of drug-likeness (QED) is 0.719. The van der Waals surface area contributed by atoms with Crippen molar-refractivity contribution in [2.75, 3.05) is 0 Å². The average molecular weight is 222 g/mol. The number of ketones is 1. The van der Waals surface area contributed by atoms with Gasteiger partial charge < -0.3 is 4.74 Å². The van der Waals surface area contributed by atoms with Crippen LogP contribution in [0.4, 0.5) is 4.39 Å². The number of ether oxygens (including phenoxy) is 1. The van der Waals surface area contributed by atoms with Crippen molar-refractivity contribution in [3.8, 4) is 0 Å². The Kier molecular flexibility index (Phi) is 2.73. The van der Waals surface area contributed by atoms with Crippen LogP contribution in [0.3, 0.4) is 0 Å². The minimum Gasteiger partial charge on any atom is -0.457 e. The van der Waals surface area contributed by atoms with Crippen LogP contribution < -0.4 is 0 Å². The van der Waals surface area contributed by atoms with Crippen LogP contribution in [0.1, 0.15) is 25.0 Å². The molecule has 0 saturated carbocycles. The van der Waals surface area contributed by atoms with Crippen molar-refractivity contribution in [2.45, 2.75) is 19.4 Å². The van der Waals surface area contributed by atoms with E-state index in [2.05, 4.69) is 0 Å². The summed E-state index contributed by atoms with van der Waals surface area (Å²) in [6.07, 6.45) is -0.456. The zero-order valence-electron chi connectivity index (χ0n) is 8.77. The number of hydrogen-bond acceptors (Lipinski definition) is 3. The fourth-order valence-corrected chi connectivity index (χ4v) is 1.87. The minimum absolute atomic E-state index is 0.0832. The molecule has 1 heterocycles. The summed E-state index contributed by atoms with van der Waals surface area (Å²) in [4.78, 5) is 22.5. The molecule has 1 aromatic rings. The normalized spacial score (nSPS) is 24.2. The van der Waals surface area contributed by atoms with Crippen molar-refractivity contribution in [2.24, 2.45) is 5.92 Å². The van der Waals surface area contributed by atoms with E-state index in [0.717, 1.165) is 0 Å². The summed E-state index contributed by atoms with van der Waals surface area (Å²) in [7, 11) is 0. The lowest BCUT2D eigenvalue weighted by atomic mass is 9.92. The van der Waals surface area contributed by atoms with Crippen LogP contribution >= 0.6 is 0 Å². The summed E-state index contributed by atoms with van der Waals surface area (Å²) in [6, 6.07) is 5.65. The van der Waals surface area contributed by atoms with Gasteiger partial charge in [-0.2, -0.15) is 0 Å². The molecule has 0 aliphatic carbocycles. The Morgan fingerprint density at radius 1 is 1.38 bits per heavy atom. The number of hydrogen-bond donors (Lipinski definition) is 0. The third-order valence-corrected chi connectivity index (χ3v) is 2.73. The molecule has 4 heteroatoms. The zero-order valence-corrected chi connectivity index (χ0v) is 8.77. The van der Waals surface area contributed by atoms with Crippen LogP contribution in [0, 0.1) is 11.7 Å². The molecule has 16 heavy (non-hydrogen) atoms. The smallest absolute Gasteiger partial charge is 0.307 e. The first-order valence-electron chi connectivity index (χ1n) is 5.03. The van der Waals surface area contributed by atoms with Crippen molar-refractivity contribution < 1.29 is 18.7 Å². The van der Waals surface area contributed by atoms with Crippen molar-refractivity contribution >= 4 is 11.8 Å². The van der Waals surface area contributed by atoms with Gasteiger partial charge in [0.1, 0.15) is 17.7 Å². The maximum Gasteiger partial charge on any atom is 0.307 e. The van der Waals surface area contributed by atoms with Crippen LogP contribution in [0.5, 0.6) is 0 Å². The van der Waals surface area contributed by atoms with E-state index < -0.39 is 12.0 Å². The van der Waals surface area contributed by atoms with Gasteiger partial charge in [0.05, 0.1) is 12.3 Å². The molecule has 0 unspecified atom stereocenters. The van der Waals surface area contributed by atoms with Gasteiger partial charge >= 0.3 is 5.97 Å². The third kappa shape index (κ3) is 1.96. The first-order chi connectivity index (χ1) is 7.58. The van der Waals surface area contributed by atoms with Gasteiger partial charge in [0.15, 0.2) is 0 Å². The van der Waals surface area contributed by atoms with E-state index in [4.69, 9.17) is 4.74 Å². The summed E-state index contributed by atoms with van der Waals surface area (Å²) in [6.45, 7) is 1.43. The Hall–Kier alpha value is -1.71. The van der Waals surface area contributed by atoms with Gasteiger partial charge in [-0.05, 0) is 24.6 Å². The largest absolute Gasteiger partial charge is 0.457 e. The Morgan fingerprint density at radius 2 is 2.00 bits per heavy atom. The van der Waals surface area contributed by atoms with E-state index in [9.17, 15) is 14.0 Å². The molecule has 3 nitrogen and oxygen atoms in total. The lowest BCUT2D eigenvalue weighted by molar-refractivity contribution is -0.141. The number of esters is 1. The Balaban J connectivity index is 2.28. The molecule has 1 fully saturated rings. The van der Waals surface area contributed by atoms with Crippen LogP contribution in [-0.4, -0.2) is 11.8 Å². The molecule has 0 amide bonds. The van der Waals surface area contributed by atoms with Gasteiger partial charge in [-0.25, -0.2) is 4.39 Å². The standard InChI is InChI=1S/C12H11FO3/c1-7(14)10-6-11(15)16-12(10)8-2-4-9(13)5-3-8/h2-5,10,12H,6H2,1H3/t10-,12-/m0/s1. The lowest BCUT2D eigenvalue weighted by Gasteiger charge is -2.15. The van der Waals surface area contributed by atoms with E-state index in [1.165, 1.54) is 31.2 Å². The molecule has 84 valence electrons. The van der Waals surface area contributed by atoms with Crippen LogP contribution in [0.25, 0.3) is 0 Å². The predicted molar refractivity (Wildman–Crippen MR) is 54.0 cm³/mol. The number of carbonyl (C=O) groups excluding carboxylic acids is 2. The monoisotopic (exact) mass is 222 g/mol. The summed E-state index contributed by atoms with van der Waals surface area (Å²) >= 11 is 0. The van der Waals surface area contributed by atoms with Gasteiger partial charge in [-0.1, -0.05) is 12.1 Å². The lowest BCUT2D eigenvalue weighted by Crippen LogP contribution is -2.15. The number of cyclic esters (lactones) is 1. The Labute approximate surface area is 92.2 Å². The Bertz CT molecular complexity index is 424. The average Bonchev–Trinajstić information content (AvgIpc) is 2.61. The summed E-state index contributed by atoms with van der Waals surface area (Å²) < 4.78 is 17.8. The molecule has 1 aromatic carbocycles. The number of Topliss-reactive ketones (excluding diaryl/α,β-unsaturated/α-hetero) is 1. The summed E-state index contributed by atoms with van der Waals surface area (Å²) in [5, 5.41) is 0. The van der Waals surface area contributed by atoms with Crippen LogP contribution in [0.15, 0.2) is 24.3 Å². The molecule has 1 saturated heterocycles. The van der Waals surface area contributed by atoms with E-state index in [1.807, 2.05) is 0 Å². The highest BCUT2D eigenvalue weighted by Gasteiger charge is 2.38. The molecule has 0 radical (unpaired) electrons. The fraction of sp³-hybridized carbons (Fsp3) is 0.333. The molecule has 0 bridgehead atoms.